The van der Waals surface area contributed by atoms with Crippen LogP contribution >= 0.6 is 0 Å². The third-order valence-electron chi connectivity index (χ3n) is 2.80. The fourth-order valence-corrected chi connectivity index (χ4v) is 1.69. The molecule has 7 nitrogen and oxygen atoms in total. The van der Waals surface area contributed by atoms with Gasteiger partial charge in [-0.25, -0.2) is 0 Å². The van der Waals surface area contributed by atoms with E-state index in [9.17, 15) is 14.9 Å². The molecule has 7 heteroatoms. The first-order valence-electron chi connectivity index (χ1n) is 6.72. The van der Waals surface area contributed by atoms with Gasteiger partial charge in [-0.3, -0.25) is 14.9 Å². The number of ether oxygens (including phenoxy) is 1. The number of benzene rings is 1. The van der Waals surface area contributed by atoms with E-state index in [4.69, 9.17) is 9.84 Å². The van der Waals surface area contributed by atoms with E-state index in [1.165, 1.54) is 12.1 Å². The molecule has 21 heavy (non-hydrogen) atoms. The first kappa shape index (κ1) is 16.7. The second kappa shape index (κ2) is 7.47. The van der Waals surface area contributed by atoms with Gasteiger partial charge in [-0.2, -0.15) is 0 Å². The van der Waals surface area contributed by atoms with Gasteiger partial charge in [0.25, 0.3) is 5.69 Å². The van der Waals surface area contributed by atoms with Crippen molar-refractivity contribution in [3.05, 3.63) is 28.3 Å². The average Bonchev–Trinajstić information content (AvgIpc) is 2.37. The lowest BCUT2D eigenvalue weighted by Crippen LogP contribution is -2.14. The van der Waals surface area contributed by atoms with E-state index in [0.29, 0.717) is 24.4 Å². The molecule has 1 aromatic carbocycles. The van der Waals surface area contributed by atoms with Crippen molar-refractivity contribution >= 4 is 17.3 Å². The molecule has 0 radical (unpaired) electrons. The topological polar surface area (TPSA) is 102 Å². The standard InChI is InChI=1S/C14H20N2O5/c1-9(2)21-13-7-11(6-12(8-13)16(19)20)15-5-4-10(3)14(17)18/h6-10,15H,4-5H2,1-3H3,(H,17,18). The van der Waals surface area contributed by atoms with Gasteiger partial charge in [0, 0.05) is 24.4 Å². The van der Waals surface area contributed by atoms with Crippen LogP contribution in [0, 0.1) is 16.0 Å². The zero-order chi connectivity index (χ0) is 16.0. The first-order valence-corrected chi connectivity index (χ1v) is 6.72. The number of anilines is 1. The Kier molecular flexibility index (Phi) is 5.95. The van der Waals surface area contributed by atoms with Crippen LogP contribution in [-0.4, -0.2) is 28.6 Å². The van der Waals surface area contributed by atoms with E-state index in [2.05, 4.69) is 5.32 Å². The summed E-state index contributed by atoms with van der Waals surface area (Å²) in [5.74, 6) is -0.921. The predicted molar refractivity (Wildman–Crippen MR) is 78.8 cm³/mol. The van der Waals surface area contributed by atoms with Crippen molar-refractivity contribution in [2.75, 3.05) is 11.9 Å². The maximum Gasteiger partial charge on any atom is 0.306 e. The molecule has 1 atom stereocenters. The largest absolute Gasteiger partial charge is 0.491 e. The molecule has 1 rings (SSSR count). The normalized spacial score (nSPS) is 12.0. The summed E-state index contributed by atoms with van der Waals surface area (Å²) in [5.41, 5.74) is 0.472. The van der Waals surface area contributed by atoms with Crippen molar-refractivity contribution in [2.24, 2.45) is 5.92 Å². The molecule has 0 bridgehead atoms. The van der Waals surface area contributed by atoms with E-state index >= 15 is 0 Å². The molecule has 1 unspecified atom stereocenters. The molecule has 0 aliphatic rings. The van der Waals surface area contributed by atoms with Gasteiger partial charge in [-0.15, -0.1) is 0 Å². The summed E-state index contributed by atoms with van der Waals surface area (Å²) in [6.07, 6.45) is 0.338. The Morgan fingerprint density at radius 2 is 2.05 bits per heavy atom. The SMILES string of the molecule is CC(C)Oc1cc(NCCC(C)C(=O)O)cc([N+](=O)[O-])c1. The number of carboxylic acid groups (broad SMARTS) is 1. The fourth-order valence-electron chi connectivity index (χ4n) is 1.69. The summed E-state index contributed by atoms with van der Waals surface area (Å²) in [4.78, 5) is 21.1. The molecule has 0 fully saturated rings. The summed E-state index contributed by atoms with van der Waals surface area (Å²) < 4.78 is 5.47. The molecule has 0 aliphatic carbocycles. The highest BCUT2D eigenvalue weighted by atomic mass is 16.6. The highest BCUT2D eigenvalue weighted by molar-refractivity contribution is 5.69. The Morgan fingerprint density at radius 3 is 2.57 bits per heavy atom. The lowest BCUT2D eigenvalue weighted by atomic mass is 10.1. The Labute approximate surface area is 123 Å². The van der Waals surface area contributed by atoms with Gasteiger partial charge >= 0.3 is 5.97 Å². The number of aliphatic carboxylic acids is 1. The minimum Gasteiger partial charge on any atom is -0.491 e. The summed E-state index contributed by atoms with van der Waals surface area (Å²) in [6.45, 7) is 5.70. The van der Waals surface area contributed by atoms with Crippen molar-refractivity contribution in [2.45, 2.75) is 33.3 Å². The van der Waals surface area contributed by atoms with Crippen molar-refractivity contribution < 1.29 is 19.6 Å². The van der Waals surface area contributed by atoms with E-state index in [1.54, 1.807) is 13.0 Å². The number of carboxylic acids is 1. The molecule has 0 heterocycles. The number of rotatable bonds is 8. The quantitative estimate of drug-likeness (QED) is 0.565. The van der Waals surface area contributed by atoms with Crippen LogP contribution in [0.5, 0.6) is 5.75 Å². The maximum atomic E-state index is 10.9. The van der Waals surface area contributed by atoms with Crippen LogP contribution < -0.4 is 10.1 Å². The molecule has 2 N–H and O–H groups in total. The molecule has 0 saturated heterocycles. The second-order valence-electron chi connectivity index (χ2n) is 5.09. The van der Waals surface area contributed by atoms with E-state index < -0.39 is 16.8 Å². The van der Waals surface area contributed by atoms with E-state index in [0.717, 1.165) is 0 Å². The van der Waals surface area contributed by atoms with Gasteiger partial charge in [-0.05, 0) is 20.3 Å². The van der Waals surface area contributed by atoms with Crippen LogP contribution in [0.2, 0.25) is 0 Å². The van der Waals surface area contributed by atoms with Gasteiger partial charge in [0.2, 0.25) is 0 Å². The molecular weight excluding hydrogens is 276 g/mol. The fraction of sp³-hybridized carbons (Fsp3) is 0.500. The number of nitro benzene ring substituents is 1. The lowest BCUT2D eigenvalue weighted by Gasteiger charge is -2.13. The lowest BCUT2D eigenvalue weighted by molar-refractivity contribution is -0.384. The number of nitrogens with one attached hydrogen (secondary N) is 1. The van der Waals surface area contributed by atoms with Crippen molar-refractivity contribution in [1.82, 2.24) is 0 Å². The van der Waals surface area contributed by atoms with Crippen molar-refractivity contribution in [3.63, 3.8) is 0 Å². The number of hydrogen-bond donors (Lipinski definition) is 2. The minimum absolute atomic E-state index is 0.0677. The second-order valence-corrected chi connectivity index (χ2v) is 5.09. The van der Waals surface area contributed by atoms with E-state index in [1.807, 2.05) is 13.8 Å². The van der Waals surface area contributed by atoms with Gasteiger partial charge in [0.05, 0.1) is 23.0 Å². The van der Waals surface area contributed by atoms with E-state index in [-0.39, 0.29) is 11.8 Å². The van der Waals surface area contributed by atoms with Crippen LogP contribution in [0.15, 0.2) is 18.2 Å². The molecule has 0 spiro atoms. The summed E-state index contributed by atoms with van der Waals surface area (Å²) in [5, 5.41) is 22.7. The third-order valence-corrected chi connectivity index (χ3v) is 2.80. The van der Waals surface area contributed by atoms with Gasteiger partial charge < -0.3 is 15.2 Å². The first-order chi connectivity index (χ1) is 9.79. The smallest absolute Gasteiger partial charge is 0.306 e. The highest BCUT2D eigenvalue weighted by Gasteiger charge is 2.13. The van der Waals surface area contributed by atoms with Gasteiger partial charge in [0.1, 0.15) is 5.75 Å². The Bertz CT molecular complexity index is 516. The van der Waals surface area contributed by atoms with Crippen LogP contribution in [-0.2, 0) is 4.79 Å². The number of hydrogen-bond acceptors (Lipinski definition) is 5. The Balaban J connectivity index is 2.78. The Hall–Kier alpha value is -2.31. The predicted octanol–water partition coefficient (Wildman–Crippen LogP) is 2.90. The summed E-state index contributed by atoms with van der Waals surface area (Å²) in [7, 11) is 0. The minimum atomic E-state index is -0.861. The molecular formula is C14H20N2O5. The monoisotopic (exact) mass is 296 g/mol. The molecule has 116 valence electrons. The zero-order valence-electron chi connectivity index (χ0n) is 12.3. The molecule has 0 aliphatic heterocycles. The van der Waals surface area contributed by atoms with Crippen LogP contribution in [0.25, 0.3) is 0 Å². The van der Waals surface area contributed by atoms with Gasteiger partial charge in [0.15, 0.2) is 0 Å². The van der Waals surface area contributed by atoms with Crippen LogP contribution in [0.3, 0.4) is 0 Å². The zero-order valence-corrected chi connectivity index (χ0v) is 12.3. The highest BCUT2D eigenvalue weighted by Crippen LogP contribution is 2.26. The Morgan fingerprint density at radius 1 is 1.38 bits per heavy atom. The summed E-state index contributed by atoms with van der Waals surface area (Å²) >= 11 is 0. The molecule has 0 saturated carbocycles. The molecule has 0 amide bonds. The van der Waals surface area contributed by atoms with Crippen molar-refractivity contribution in [3.8, 4) is 5.75 Å². The maximum absolute atomic E-state index is 10.9. The van der Waals surface area contributed by atoms with Crippen LogP contribution in [0.1, 0.15) is 27.2 Å². The summed E-state index contributed by atoms with van der Waals surface area (Å²) in [6, 6.07) is 4.43. The van der Waals surface area contributed by atoms with Gasteiger partial charge in [-0.1, -0.05) is 6.92 Å². The molecule has 1 aromatic rings. The number of carbonyl (C=O) groups is 1. The number of nitro groups is 1. The number of non-ortho nitro benzene ring substituents is 1. The third kappa shape index (κ3) is 5.68. The van der Waals surface area contributed by atoms with Crippen molar-refractivity contribution in [1.29, 1.82) is 0 Å². The molecule has 0 aromatic heterocycles. The number of nitrogens with zero attached hydrogens (tertiary/aromatic N) is 1. The van der Waals surface area contributed by atoms with Crippen LogP contribution in [0.4, 0.5) is 11.4 Å². The average molecular weight is 296 g/mol.